The lowest BCUT2D eigenvalue weighted by molar-refractivity contribution is 0.122. The number of nitrogens with zero attached hydrogens (tertiary/aromatic N) is 1. The summed E-state index contributed by atoms with van der Waals surface area (Å²) in [4.78, 5) is 2.38. The van der Waals surface area contributed by atoms with Gasteiger partial charge in [0.15, 0.2) is 0 Å². The molecule has 18 heavy (non-hydrogen) atoms. The highest BCUT2D eigenvalue weighted by Crippen LogP contribution is 2.19. The number of benzene rings is 1. The van der Waals surface area contributed by atoms with Gasteiger partial charge < -0.3 is 15.0 Å². The molecule has 2 rings (SSSR count). The first kappa shape index (κ1) is 13.2. The van der Waals surface area contributed by atoms with Gasteiger partial charge in [-0.05, 0) is 30.2 Å². The van der Waals surface area contributed by atoms with E-state index in [1.165, 1.54) is 17.8 Å². The Morgan fingerprint density at radius 2 is 1.89 bits per heavy atom. The molecule has 0 amide bonds. The van der Waals surface area contributed by atoms with Crippen molar-refractivity contribution < 1.29 is 4.74 Å². The molecule has 1 N–H and O–H groups in total. The van der Waals surface area contributed by atoms with Gasteiger partial charge in [0, 0.05) is 31.0 Å². The maximum atomic E-state index is 5.37. The van der Waals surface area contributed by atoms with Crippen LogP contribution in [0.4, 0.5) is 11.4 Å². The van der Waals surface area contributed by atoms with Gasteiger partial charge in [-0.25, -0.2) is 0 Å². The van der Waals surface area contributed by atoms with Crippen LogP contribution in [0.3, 0.4) is 0 Å². The Bertz CT molecular complexity index is 344. The molecule has 1 unspecified atom stereocenters. The zero-order chi connectivity index (χ0) is 12.8. The first-order valence-electron chi connectivity index (χ1n) is 6.96. The van der Waals surface area contributed by atoms with Gasteiger partial charge >= 0.3 is 0 Å². The molecule has 0 spiro atoms. The van der Waals surface area contributed by atoms with Crippen molar-refractivity contribution in [1.29, 1.82) is 0 Å². The highest BCUT2D eigenvalue weighted by molar-refractivity contribution is 5.55. The summed E-state index contributed by atoms with van der Waals surface area (Å²) >= 11 is 0. The number of rotatable bonds is 5. The molecule has 1 saturated heterocycles. The zero-order valence-electron chi connectivity index (χ0n) is 11.5. The van der Waals surface area contributed by atoms with Gasteiger partial charge in [-0.3, -0.25) is 0 Å². The van der Waals surface area contributed by atoms with Gasteiger partial charge in [0.25, 0.3) is 0 Å². The first-order valence-corrected chi connectivity index (χ1v) is 6.96. The third-order valence-electron chi connectivity index (χ3n) is 3.60. The van der Waals surface area contributed by atoms with Crippen LogP contribution in [0, 0.1) is 5.92 Å². The quantitative estimate of drug-likeness (QED) is 0.867. The van der Waals surface area contributed by atoms with Crippen LogP contribution in [-0.4, -0.2) is 32.8 Å². The maximum absolute atomic E-state index is 5.37. The Balaban J connectivity index is 1.88. The largest absolute Gasteiger partial charge is 0.385 e. The summed E-state index contributed by atoms with van der Waals surface area (Å²) in [5.74, 6) is 0.726. The Morgan fingerprint density at radius 3 is 2.50 bits per heavy atom. The van der Waals surface area contributed by atoms with Crippen molar-refractivity contribution in [3.63, 3.8) is 0 Å². The molecule has 1 aromatic carbocycles. The van der Waals surface area contributed by atoms with Crippen LogP contribution in [0.2, 0.25) is 0 Å². The second-order valence-corrected chi connectivity index (χ2v) is 5.04. The molecule has 0 aromatic heterocycles. The molecule has 3 nitrogen and oxygen atoms in total. The van der Waals surface area contributed by atoms with Gasteiger partial charge in [0.2, 0.25) is 0 Å². The number of morpholine rings is 1. The predicted octanol–water partition coefficient (Wildman–Crippen LogP) is 2.98. The number of hydrogen-bond acceptors (Lipinski definition) is 3. The number of anilines is 2. The summed E-state index contributed by atoms with van der Waals surface area (Å²) in [6.45, 7) is 9.23. The molecule has 1 aliphatic rings. The molecule has 0 bridgehead atoms. The summed E-state index contributed by atoms with van der Waals surface area (Å²) in [5.41, 5.74) is 2.51. The Hall–Kier alpha value is -1.22. The van der Waals surface area contributed by atoms with E-state index < -0.39 is 0 Å². The van der Waals surface area contributed by atoms with E-state index in [0.717, 1.165) is 38.8 Å². The molecular formula is C15H24N2O. The topological polar surface area (TPSA) is 24.5 Å². The van der Waals surface area contributed by atoms with E-state index in [0.29, 0.717) is 0 Å². The van der Waals surface area contributed by atoms with Gasteiger partial charge in [-0.15, -0.1) is 0 Å². The minimum atomic E-state index is 0.726. The minimum absolute atomic E-state index is 0.726. The van der Waals surface area contributed by atoms with E-state index in [1.807, 2.05) is 0 Å². The predicted molar refractivity (Wildman–Crippen MR) is 77.4 cm³/mol. The van der Waals surface area contributed by atoms with Crippen molar-refractivity contribution in [2.45, 2.75) is 20.3 Å². The monoisotopic (exact) mass is 248 g/mol. The molecule has 0 radical (unpaired) electrons. The second-order valence-electron chi connectivity index (χ2n) is 5.04. The van der Waals surface area contributed by atoms with E-state index in [9.17, 15) is 0 Å². The van der Waals surface area contributed by atoms with Gasteiger partial charge in [0.05, 0.1) is 13.2 Å². The van der Waals surface area contributed by atoms with Crippen molar-refractivity contribution in [2.24, 2.45) is 5.92 Å². The maximum Gasteiger partial charge on any atom is 0.0642 e. The smallest absolute Gasteiger partial charge is 0.0642 e. The van der Waals surface area contributed by atoms with Crippen LogP contribution in [0.5, 0.6) is 0 Å². The van der Waals surface area contributed by atoms with E-state index in [1.54, 1.807) is 0 Å². The van der Waals surface area contributed by atoms with Gasteiger partial charge in [-0.1, -0.05) is 20.3 Å². The van der Waals surface area contributed by atoms with Crippen LogP contribution < -0.4 is 10.2 Å². The molecule has 1 atom stereocenters. The lowest BCUT2D eigenvalue weighted by atomic mass is 10.1. The molecule has 1 aromatic rings. The van der Waals surface area contributed by atoms with E-state index >= 15 is 0 Å². The minimum Gasteiger partial charge on any atom is -0.385 e. The number of hydrogen-bond donors (Lipinski definition) is 1. The van der Waals surface area contributed by atoms with Crippen LogP contribution >= 0.6 is 0 Å². The normalized spacial score (nSPS) is 17.6. The highest BCUT2D eigenvalue weighted by atomic mass is 16.5. The third-order valence-corrected chi connectivity index (χ3v) is 3.60. The molecule has 3 heteroatoms. The molecule has 100 valence electrons. The van der Waals surface area contributed by atoms with E-state index in [2.05, 4.69) is 48.3 Å². The van der Waals surface area contributed by atoms with E-state index in [-0.39, 0.29) is 0 Å². The average Bonchev–Trinajstić information content (AvgIpc) is 2.46. The summed E-state index contributed by atoms with van der Waals surface area (Å²) < 4.78 is 5.37. The standard InChI is InChI=1S/C15H24N2O/c1-3-13(2)12-16-14-4-6-15(7-5-14)17-8-10-18-11-9-17/h4-7,13,16H,3,8-12H2,1-2H3. The molecular weight excluding hydrogens is 224 g/mol. The highest BCUT2D eigenvalue weighted by Gasteiger charge is 2.10. The third kappa shape index (κ3) is 3.64. The molecule has 0 saturated carbocycles. The Morgan fingerprint density at radius 1 is 1.22 bits per heavy atom. The van der Waals surface area contributed by atoms with Gasteiger partial charge in [-0.2, -0.15) is 0 Å². The van der Waals surface area contributed by atoms with Crippen LogP contribution in [-0.2, 0) is 4.74 Å². The van der Waals surface area contributed by atoms with Crippen molar-refractivity contribution in [3.8, 4) is 0 Å². The fourth-order valence-electron chi connectivity index (χ4n) is 2.05. The summed E-state index contributed by atoms with van der Waals surface area (Å²) in [7, 11) is 0. The molecule has 1 fully saturated rings. The Labute approximate surface area is 110 Å². The Kier molecular flexibility index (Phi) is 4.88. The fraction of sp³-hybridized carbons (Fsp3) is 0.600. The lowest BCUT2D eigenvalue weighted by Gasteiger charge is -2.29. The van der Waals surface area contributed by atoms with Crippen molar-refractivity contribution >= 4 is 11.4 Å². The lowest BCUT2D eigenvalue weighted by Crippen LogP contribution is -2.36. The van der Waals surface area contributed by atoms with Gasteiger partial charge in [0.1, 0.15) is 0 Å². The summed E-state index contributed by atoms with van der Waals surface area (Å²) in [6.07, 6.45) is 1.22. The zero-order valence-corrected chi connectivity index (χ0v) is 11.5. The van der Waals surface area contributed by atoms with Crippen molar-refractivity contribution in [3.05, 3.63) is 24.3 Å². The molecule has 0 aliphatic carbocycles. The number of nitrogens with one attached hydrogen (secondary N) is 1. The average molecular weight is 248 g/mol. The van der Waals surface area contributed by atoms with Crippen molar-refractivity contribution in [2.75, 3.05) is 43.1 Å². The SMILES string of the molecule is CCC(C)CNc1ccc(N2CCOCC2)cc1. The van der Waals surface area contributed by atoms with Crippen LogP contribution in [0.1, 0.15) is 20.3 Å². The fourth-order valence-corrected chi connectivity index (χ4v) is 2.05. The molecule has 1 heterocycles. The second kappa shape index (κ2) is 6.64. The van der Waals surface area contributed by atoms with E-state index in [4.69, 9.17) is 4.74 Å². The summed E-state index contributed by atoms with van der Waals surface area (Å²) in [6, 6.07) is 8.74. The van der Waals surface area contributed by atoms with Crippen LogP contribution in [0.15, 0.2) is 24.3 Å². The van der Waals surface area contributed by atoms with Crippen molar-refractivity contribution in [1.82, 2.24) is 0 Å². The summed E-state index contributed by atoms with van der Waals surface area (Å²) in [5, 5.41) is 3.48. The molecule has 1 aliphatic heterocycles. The van der Waals surface area contributed by atoms with Crippen LogP contribution in [0.25, 0.3) is 0 Å². The first-order chi connectivity index (χ1) is 8.79. The number of ether oxygens (including phenoxy) is 1.